The first-order valence-electron chi connectivity index (χ1n) is 24.1. The number of ketones is 1. The minimum absolute atomic E-state index is 0.0806. The second-order valence-corrected chi connectivity index (χ2v) is 22.7. The maximum Gasteiger partial charge on any atom is 0.188 e. The molecule has 3 saturated carbocycles. The van der Waals surface area contributed by atoms with Crippen LogP contribution in [0.25, 0.3) is 9.75 Å². The summed E-state index contributed by atoms with van der Waals surface area (Å²) in [6.07, 6.45) is 11.1. The van der Waals surface area contributed by atoms with Gasteiger partial charge in [-0.3, -0.25) is 19.8 Å². The molecule has 2 aromatic heterocycles. The number of nitrogens with one attached hydrogen (secondary N) is 2. The predicted molar refractivity (Wildman–Crippen MR) is 271 cm³/mol. The number of fused-ring (bicyclic) bond motifs is 7. The fourth-order valence-electron chi connectivity index (χ4n) is 13.6. The Hall–Kier alpha value is -5.24. The van der Waals surface area contributed by atoms with Crippen LogP contribution in [0.1, 0.15) is 108 Å². The molecule has 7 bridgehead atoms. The van der Waals surface area contributed by atoms with Gasteiger partial charge in [0, 0.05) is 73.0 Å². The predicted octanol–water partition coefficient (Wildman–Crippen LogP) is 8.44. The SMILES string of the molecule is CC#Cc1ccc(-c2ccc(C(=O)[C@@H]3CC[C@@H]4C[C@]35C[C@@H]([C@H]3C#Cc6c(cc(O)cc6NC[C@@](C)(O)Cc6cccc(c6CC6=NCN=C6)C3)C[C@@H]4NC(N)=NC)[C@]3(CCC[C@@H]3CO)C5)s2)s1. The summed E-state index contributed by atoms with van der Waals surface area (Å²) in [5.74, 6) is 14.6. The molecule has 2 aliphatic heterocycles. The van der Waals surface area contributed by atoms with Crippen LogP contribution in [0, 0.1) is 64.1 Å². The van der Waals surface area contributed by atoms with Crippen molar-refractivity contribution in [3.63, 3.8) is 0 Å². The second kappa shape index (κ2) is 18.3. The molecule has 10 nitrogen and oxygen atoms in total. The van der Waals surface area contributed by atoms with Gasteiger partial charge in [-0.2, -0.15) is 0 Å². The number of hydrogen-bond acceptors (Lipinski definition) is 10. The number of nitrogens with two attached hydrogens (primary N) is 1. The van der Waals surface area contributed by atoms with Crippen LogP contribution < -0.4 is 16.4 Å². The summed E-state index contributed by atoms with van der Waals surface area (Å²) >= 11 is 3.26. The molecule has 2 aromatic carbocycles. The van der Waals surface area contributed by atoms with Gasteiger partial charge < -0.3 is 31.7 Å². The van der Waals surface area contributed by atoms with Crippen LogP contribution in [0.3, 0.4) is 0 Å². The molecule has 10 rings (SSSR count). The van der Waals surface area contributed by atoms with Gasteiger partial charge in [-0.1, -0.05) is 42.4 Å². The molecule has 4 heterocycles. The van der Waals surface area contributed by atoms with Gasteiger partial charge in [-0.05, 0) is 153 Å². The number of phenolic OH excluding ortho intramolecular Hbond substituents is 1. The minimum Gasteiger partial charge on any atom is -0.508 e. The van der Waals surface area contributed by atoms with Crippen molar-refractivity contribution in [2.45, 2.75) is 103 Å². The van der Waals surface area contributed by atoms with E-state index in [2.05, 4.69) is 80.7 Å². The smallest absolute Gasteiger partial charge is 0.188 e. The number of aliphatic imine (C=N–C) groups is 3. The Morgan fingerprint density at radius 1 is 1.06 bits per heavy atom. The van der Waals surface area contributed by atoms with Crippen molar-refractivity contribution in [1.29, 1.82) is 0 Å². The van der Waals surface area contributed by atoms with Gasteiger partial charge in [0.1, 0.15) is 12.4 Å². The second-order valence-electron chi connectivity index (χ2n) is 20.5. The number of aromatic hydroxyl groups is 1. The Bertz CT molecular complexity index is 2800. The van der Waals surface area contributed by atoms with E-state index in [1.54, 1.807) is 35.8 Å². The molecule has 67 heavy (non-hydrogen) atoms. The highest BCUT2D eigenvalue weighted by molar-refractivity contribution is 7.23. The first-order chi connectivity index (χ1) is 32.4. The van der Waals surface area contributed by atoms with Gasteiger partial charge in [-0.15, -0.1) is 28.6 Å². The van der Waals surface area contributed by atoms with Crippen LogP contribution in [-0.2, 0) is 25.7 Å². The number of β-amino-alcohol motifs (C(OH)–C–C–N with tert-alkyl or cyclic N) is 1. The van der Waals surface area contributed by atoms with E-state index in [1.807, 2.05) is 32.2 Å². The third-order valence-electron chi connectivity index (χ3n) is 16.4. The van der Waals surface area contributed by atoms with Crippen LogP contribution in [0.15, 0.2) is 69.6 Å². The maximum atomic E-state index is 15.5. The minimum atomic E-state index is -1.15. The van der Waals surface area contributed by atoms with Crippen LogP contribution in [-0.4, -0.2) is 77.5 Å². The summed E-state index contributed by atoms with van der Waals surface area (Å²) in [6.45, 7) is 4.48. The lowest BCUT2D eigenvalue weighted by Gasteiger charge is -2.48. The molecule has 9 atom stereocenters. The average molecular weight is 935 g/mol. The number of phenols is 1. The van der Waals surface area contributed by atoms with Crippen molar-refractivity contribution in [2.75, 3.05) is 32.2 Å². The first kappa shape index (κ1) is 45.5. The number of carbonyl (C=O) groups excluding carboxylic acids is 1. The van der Waals surface area contributed by atoms with Crippen molar-refractivity contribution in [2.24, 2.45) is 61.1 Å². The maximum absolute atomic E-state index is 15.5. The van der Waals surface area contributed by atoms with Gasteiger partial charge in [0.05, 0.1) is 32.3 Å². The normalized spacial score (nSPS) is 30.9. The van der Waals surface area contributed by atoms with Crippen molar-refractivity contribution in [3.8, 4) is 39.2 Å². The van der Waals surface area contributed by atoms with E-state index in [9.17, 15) is 15.3 Å². The van der Waals surface area contributed by atoms with E-state index in [1.165, 1.54) is 5.56 Å². The van der Waals surface area contributed by atoms with E-state index in [0.29, 0.717) is 44.0 Å². The zero-order valence-electron chi connectivity index (χ0n) is 38.8. The fraction of sp³-hybridized carbons (Fsp3) is 0.491. The summed E-state index contributed by atoms with van der Waals surface area (Å²) in [6, 6.07) is 18.2. The van der Waals surface area contributed by atoms with Crippen LogP contribution >= 0.6 is 22.7 Å². The van der Waals surface area contributed by atoms with Crippen molar-refractivity contribution < 1.29 is 20.1 Å². The number of Topliss-reactive ketones (excluding diaryl/α,β-unsaturated/α-hetero) is 1. The van der Waals surface area contributed by atoms with Gasteiger partial charge in [-0.25, -0.2) is 0 Å². The third-order valence-corrected chi connectivity index (χ3v) is 18.7. The number of benzene rings is 2. The summed E-state index contributed by atoms with van der Waals surface area (Å²) in [5.41, 5.74) is 11.5. The Balaban J connectivity index is 1.16. The molecule has 12 heteroatoms. The molecule has 3 fully saturated rings. The highest BCUT2D eigenvalue weighted by atomic mass is 32.1. The highest BCUT2D eigenvalue weighted by Crippen LogP contribution is 2.70. The van der Waals surface area contributed by atoms with Crippen LogP contribution in [0.4, 0.5) is 5.69 Å². The number of hydrogen-bond donors (Lipinski definition) is 6. The van der Waals surface area contributed by atoms with Gasteiger partial charge in [0.25, 0.3) is 0 Å². The molecule has 7 N–H and O–H groups in total. The number of carbonyl (C=O) groups is 1. The molecule has 0 amide bonds. The lowest BCUT2D eigenvalue weighted by atomic mass is 9.57. The number of aliphatic hydroxyl groups excluding tert-OH is 1. The van der Waals surface area contributed by atoms with Gasteiger partial charge in [0.2, 0.25) is 0 Å². The summed E-state index contributed by atoms with van der Waals surface area (Å²) in [4.78, 5) is 33.1. The van der Waals surface area contributed by atoms with Crippen LogP contribution in [0.5, 0.6) is 5.75 Å². The van der Waals surface area contributed by atoms with E-state index in [-0.39, 0.29) is 71.1 Å². The monoisotopic (exact) mass is 934 g/mol. The first-order valence-corrected chi connectivity index (χ1v) is 25.8. The topological polar surface area (TPSA) is 165 Å². The largest absolute Gasteiger partial charge is 0.508 e. The molecule has 4 aromatic rings. The molecule has 4 aliphatic carbocycles. The molecule has 348 valence electrons. The Morgan fingerprint density at radius 3 is 2.70 bits per heavy atom. The quantitative estimate of drug-likeness (QED) is 0.0469. The van der Waals surface area contributed by atoms with Crippen molar-refractivity contribution in [3.05, 3.63) is 92.2 Å². The van der Waals surface area contributed by atoms with E-state index in [4.69, 9.17) is 10.7 Å². The van der Waals surface area contributed by atoms with E-state index >= 15 is 4.79 Å². The molecule has 0 saturated heterocycles. The van der Waals surface area contributed by atoms with E-state index < -0.39 is 5.60 Å². The summed E-state index contributed by atoms with van der Waals surface area (Å²) < 4.78 is 0. The van der Waals surface area contributed by atoms with Gasteiger partial charge in [0.15, 0.2) is 11.7 Å². The Morgan fingerprint density at radius 2 is 1.90 bits per heavy atom. The Kier molecular flexibility index (Phi) is 12.5. The van der Waals surface area contributed by atoms with Gasteiger partial charge >= 0.3 is 0 Å². The fourth-order valence-corrected chi connectivity index (χ4v) is 15.6. The average Bonchev–Trinajstić information content (AvgIpc) is 4.17. The Labute approximate surface area is 402 Å². The molecular weight excluding hydrogens is 873 g/mol. The number of nitrogens with zero attached hydrogens (tertiary/aromatic N) is 3. The zero-order chi connectivity index (χ0) is 46.5. The van der Waals surface area contributed by atoms with E-state index in [0.717, 1.165) is 98.8 Å². The molecule has 0 radical (unpaired) electrons. The number of thiophene rings is 2. The summed E-state index contributed by atoms with van der Waals surface area (Å²) in [7, 11) is 1.69. The molecule has 2 spiro atoms. The number of aliphatic hydroxyl groups is 2. The number of guanidine groups is 1. The molecule has 0 unspecified atom stereocenters. The highest BCUT2D eigenvalue weighted by Gasteiger charge is 2.64. The molecular formula is C55H62N6O4S2. The third kappa shape index (κ3) is 8.76. The lowest BCUT2D eigenvalue weighted by Crippen LogP contribution is -2.50. The lowest BCUT2D eigenvalue weighted by molar-refractivity contribution is 0.0229. The number of rotatable bonds is 7. The number of anilines is 1. The zero-order valence-corrected chi connectivity index (χ0v) is 40.5. The van der Waals surface area contributed by atoms with Crippen LogP contribution in [0.2, 0.25) is 0 Å². The summed E-state index contributed by atoms with van der Waals surface area (Å²) in [5, 5.41) is 42.2. The van der Waals surface area contributed by atoms with Crippen molar-refractivity contribution in [1.82, 2.24) is 5.32 Å². The molecule has 6 aliphatic rings. The standard InChI is InChI=1S/C55H62N6O4S2/c1-4-7-41-13-16-48(66-41)49-17-18-50(67-49)51(64)44-15-12-36-26-54(44)27-45(55(30-54)19-6-10-38(55)29-62)34-11-14-42-37(22-46(36)61-52(56)57-3)21-40(63)24-47(42)59-31-53(2,65)25-35-9-5-8-33(20-34)43(35)23-39-28-58-32-60-39/h5,8-9,13,16-18,21,24,28,34,36,38,44-46,59,62-63,65H,6,10,12,15,19-20,22-23,25-27,29-32H2,1-3H3,(H3,56,57,61)/t34-,36+,38+,44-,45-,46-,53-,54+,55+/m0/s1. The van der Waals surface area contributed by atoms with Crippen molar-refractivity contribution >= 4 is 52.0 Å².